The molecule has 4 aromatic rings. The first kappa shape index (κ1) is 20.9. The first-order valence-electron chi connectivity index (χ1n) is 9.11. The molecular formula is C22H16N2O5S2. The van der Waals surface area contributed by atoms with Crippen LogP contribution in [0.1, 0.15) is 5.56 Å². The third-order valence-corrected chi connectivity index (χ3v) is 7.09. The maximum absolute atomic E-state index is 13.4. The van der Waals surface area contributed by atoms with Gasteiger partial charge in [-0.25, -0.2) is 13.6 Å². The number of nitrogens with two attached hydrogens (primary N) is 1. The van der Waals surface area contributed by atoms with E-state index in [-0.39, 0.29) is 16.0 Å². The second kappa shape index (κ2) is 7.69. The monoisotopic (exact) mass is 452 g/mol. The molecule has 0 aliphatic carbocycles. The lowest BCUT2D eigenvalue weighted by atomic mass is 9.98. The summed E-state index contributed by atoms with van der Waals surface area (Å²) < 4.78 is 23.9. The van der Waals surface area contributed by atoms with Crippen LogP contribution in [-0.4, -0.2) is 13.3 Å². The van der Waals surface area contributed by atoms with Crippen molar-refractivity contribution >= 4 is 37.1 Å². The van der Waals surface area contributed by atoms with Gasteiger partial charge in [-0.2, -0.15) is 0 Å². The number of hydrogen-bond donors (Lipinski definition) is 1. The van der Waals surface area contributed by atoms with Crippen LogP contribution in [0.25, 0.3) is 31.7 Å². The first-order chi connectivity index (χ1) is 14.7. The number of sulfonamides is 1. The van der Waals surface area contributed by atoms with Gasteiger partial charge >= 0.3 is 0 Å². The van der Waals surface area contributed by atoms with Gasteiger partial charge < -0.3 is 0 Å². The number of primary sulfonamides is 1. The molecule has 9 heteroatoms. The summed E-state index contributed by atoms with van der Waals surface area (Å²) in [7, 11) is -3.86. The average molecular weight is 453 g/mol. The molecule has 0 aliphatic rings. The van der Waals surface area contributed by atoms with Crippen LogP contribution < -0.4 is 10.6 Å². The molecule has 7 nitrogen and oxygen atoms in total. The minimum atomic E-state index is -3.86. The standard InChI is InChI=1S/C22H16N2O5S2/c1-13-6-7-15(12-18(13)24(26)27)20-21(25)17-4-2-3-5-19(17)30-22(20)14-8-10-16(11-9-14)31(23,28)29/h2-12H,1H3,(H2,23,28,29). The Morgan fingerprint density at radius 3 is 2.26 bits per heavy atom. The molecule has 156 valence electrons. The van der Waals surface area contributed by atoms with Gasteiger partial charge in [-0.05, 0) is 42.3 Å². The Morgan fingerprint density at radius 1 is 0.968 bits per heavy atom. The highest BCUT2D eigenvalue weighted by atomic mass is 32.2. The Balaban J connectivity index is 2.05. The fourth-order valence-corrected chi connectivity index (χ4v) is 5.08. The van der Waals surface area contributed by atoms with E-state index in [0.717, 1.165) is 4.70 Å². The number of aryl methyl sites for hydroxylation is 1. The number of nitrogens with zero attached hydrogens (tertiary/aromatic N) is 1. The van der Waals surface area contributed by atoms with E-state index in [1.807, 2.05) is 12.1 Å². The summed E-state index contributed by atoms with van der Waals surface area (Å²) in [6, 6.07) is 17.7. The summed E-state index contributed by atoms with van der Waals surface area (Å²) in [6.45, 7) is 1.63. The molecule has 0 atom stereocenters. The van der Waals surface area contributed by atoms with E-state index < -0.39 is 14.9 Å². The normalized spacial score (nSPS) is 11.5. The molecule has 0 aliphatic heterocycles. The highest BCUT2D eigenvalue weighted by molar-refractivity contribution is 7.89. The zero-order valence-corrected chi connectivity index (χ0v) is 17.9. The molecule has 0 bridgehead atoms. The molecule has 1 heterocycles. The van der Waals surface area contributed by atoms with E-state index in [2.05, 4.69) is 0 Å². The SMILES string of the molecule is Cc1ccc(-c2c(-c3ccc(S(N)(=O)=O)cc3)sc3ccccc3c2=O)cc1[N+](=O)[O-]. The summed E-state index contributed by atoms with van der Waals surface area (Å²) in [4.78, 5) is 25.0. The van der Waals surface area contributed by atoms with Gasteiger partial charge in [0.15, 0.2) is 5.43 Å². The van der Waals surface area contributed by atoms with Crippen LogP contribution in [0, 0.1) is 17.0 Å². The number of fused-ring (bicyclic) bond motifs is 1. The second-order valence-corrected chi connectivity index (χ2v) is 9.57. The fraction of sp³-hybridized carbons (Fsp3) is 0.0455. The predicted octanol–water partition coefficient (Wildman–Crippen LogP) is 4.46. The minimum Gasteiger partial charge on any atom is -0.288 e. The van der Waals surface area contributed by atoms with Crippen molar-refractivity contribution in [1.82, 2.24) is 0 Å². The number of nitro benzene ring substituents is 1. The highest BCUT2D eigenvalue weighted by Crippen LogP contribution is 2.38. The van der Waals surface area contributed by atoms with Crippen LogP contribution in [0.5, 0.6) is 0 Å². The summed E-state index contributed by atoms with van der Waals surface area (Å²) in [5.41, 5.74) is 1.52. The third kappa shape index (κ3) is 3.86. The molecule has 0 saturated carbocycles. The molecule has 2 N–H and O–H groups in total. The topological polar surface area (TPSA) is 120 Å². The largest absolute Gasteiger partial charge is 0.288 e. The van der Waals surface area contributed by atoms with Crippen LogP contribution in [0.4, 0.5) is 5.69 Å². The number of rotatable bonds is 4. The Kier molecular flexibility index (Phi) is 5.18. The zero-order valence-electron chi connectivity index (χ0n) is 16.2. The molecule has 3 aromatic carbocycles. The van der Waals surface area contributed by atoms with E-state index >= 15 is 0 Å². The van der Waals surface area contributed by atoms with Gasteiger partial charge in [0.25, 0.3) is 5.69 Å². The highest BCUT2D eigenvalue weighted by Gasteiger charge is 2.20. The minimum absolute atomic E-state index is 0.0445. The van der Waals surface area contributed by atoms with E-state index in [1.165, 1.54) is 29.5 Å². The van der Waals surface area contributed by atoms with Crippen LogP contribution in [0.2, 0.25) is 0 Å². The second-order valence-electron chi connectivity index (χ2n) is 6.96. The average Bonchev–Trinajstić information content (AvgIpc) is 2.73. The van der Waals surface area contributed by atoms with Crippen molar-refractivity contribution in [2.75, 3.05) is 0 Å². The van der Waals surface area contributed by atoms with Crippen LogP contribution in [-0.2, 0) is 10.0 Å². The van der Waals surface area contributed by atoms with E-state index in [0.29, 0.717) is 32.5 Å². The lowest BCUT2D eigenvalue weighted by Gasteiger charge is -2.12. The van der Waals surface area contributed by atoms with Gasteiger partial charge in [-0.15, -0.1) is 11.3 Å². The zero-order chi connectivity index (χ0) is 22.3. The summed E-state index contributed by atoms with van der Waals surface area (Å²) >= 11 is 1.36. The van der Waals surface area contributed by atoms with Gasteiger partial charge in [0.05, 0.1) is 9.82 Å². The molecule has 31 heavy (non-hydrogen) atoms. The molecular weight excluding hydrogens is 436 g/mol. The molecule has 0 radical (unpaired) electrons. The van der Waals surface area contributed by atoms with Gasteiger partial charge in [0.2, 0.25) is 10.0 Å². The van der Waals surface area contributed by atoms with Crippen LogP contribution >= 0.6 is 11.3 Å². The van der Waals surface area contributed by atoms with Crippen molar-refractivity contribution in [3.05, 3.63) is 92.6 Å². The van der Waals surface area contributed by atoms with Crippen molar-refractivity contribution in [3.8, 4) is 21.6 Å². The van der Waals surface area contributed by atoms with Crippen molar-refractivity contribution in [3.63, 3.8) is 0 Å². The van der Waals surface area contributed by atoms with Crippen molar-refractivity contribution < 1.29 is 13.3 Å². The van der Waals surface area contributed by atoms with Gasteiger partial charge in [0.1, 0.15) is 0 Å². The van der Waals surface area contributed by atoms with Gasteiger partial charge in [-0.3, -0.25) is 14.9 Å². The molecule has 1 aromatic heterocycles. The maximum Gasteiger partial charge on any atom is 0.272 e. The number of benzene rings is 3. The third-order valence-electron chi connectivity index (χ3n) is 4.94. The quantitative estimate of drug-likeness (QED) is 0.362. The van der Waals surface area contributed by atoms with Crippen molar-refractivity contribution in [2.45, 2.75) is 11.8 Å². The number of nitro groups is 1. The van der Waals surface area contributed by atoms with Crippen LogP contribution in [0.15, 0.2) is 76.4 Å². The molecule has 0 saturated heterocycles. The van der Waals surface area contributed by atoms with E-state index in [1.54, 1.807) is 43.3 Å². The van der Waals surface area contributed by atoms with E-state index in [4.69, 9.17) is 5.14 Å². The summed E-state index contributed by atoms with van der Waals surface area (Å²) in [5, 5.41) is 17.1. The lowest BCUT2D eigenvalue weighted by molar-refractivity contribution is -0.385. The lowest BCUT2D eigenvalue weighted by Crippen LogP contribution is -2.11. The Hall–Kier alpha value is -3.40. The van der Waals surface area contributed by atoms with Crippen LogP contribution in [0.3, 0.4) is 0 Å². The Labute approximate surface area is 181 Å². The smallest absolute Gasteiger partial charge is 0.272 e. The Morgan fingerprint density at radius 2 is 1.61 bits per heavy atom. The molecule has 0 unspecified atom stereocenters. The predicted molar refractivity (Wildman–Crippen MR) is 122 cm³/mol. The van der Waals surface area contributed by atoms with Gasteiger partial charge in [0, 0.05) is 32.2 Å². The first-order valence-corrected chi connectivity index (χ1v) is 11.5. The molecule has 4 rings (SSSR count). The molecule has 0 amide bonds. The van der Waals surface area contributed by atoms with Crippen molar-refractivity contribution in [2.24, 2.45) is 5.14 Å². The number of hydrogen-bond acceptors (Lipinski definition) is 6. The maximum atomic E-state index is 13.4. The van der Waals surface area contributed by atoms with Gasteiger partial charge in [-0.1, -0.05) is 36.4 Å². The summed E-state index contributed by atoms with van der Waals surface area (Å²) in [5.74, 6) is 0. The van der Waals surface area contributed by atoms with E-state index in [9.17, 15) is 23.3 Å². The Bertz CT molecular complexity index is 1510. The fourth-order valence-electron chi connectivity index (χ4n) is 3.37. The molecule has 0 spiro atoms. The summed E-state index contributed by atoms with van der Waals surface area (Å²) in [6.07, 6.45) is 0. The molecule has 0 fully saturated rings. The van der Waals surface area contributed by atoms with Crippen molar-refractivity contribution in [1.29, 1.82) is 0 Å².